The Bertz CT molecular complexity index is 1830. The Morgan fingerprint density at radius 1 is 1.04 bits per heavy atom. The first-order chi connectivity index (χ1) is 22.2. The number of pyridine rings is 2. The normalized spacial score (nSPS) is 13.6. The first kappa shape index (κ1) is 30.9. The predicted octanol–water partition coefficient (Wildman–Crippen LogP) is 6.54. The van der Waals surface area contributed by atoms with Crippen LogP contribution in [0.5, 0.6) is 5.75 Å². The van der Waals surface area contributed by atoms with Gasteiger partial charge in [-0.05, 0) is 73.0 Å². The van der Waals surface area contributed by atoms with Crippen molar-refractivity contribution in [3.63, 3.8) is 0 Å². The third-order valence-corrected chi connectivity index (χ3v) is 7.99. The second-order valence-electron chi connectivity index (χ2n) is 10.9. The van der Waals surface area contributed by atoms with E-state index in [1.807, 2.05) is 36.4 Å². The molecule has 0 saturated heterocycles. The summed E-state index contributed by atoms with van der Waals surface area (Å²) in [5, 5.41) is 4.29. The molecule has 0 saturated carbocycles. The molecule has 4 heterocycles. The van der Waals surface area contributed by atoms with E-state index < -0.39 is 17.8 Å². The van der Waals surface area contributed by atoms with E-state index in [-0.39, 0.29) is 12.5 Å². The lowest BCUT2D eigenvalue weighted by Crippen LogP contribution is -2.34. The molecule has 2 aromatic carbocycles. The third-order valence-electron chi connectivity index (χ3n) is 7.99. The number of rotatable bonds is 9. The molecule has 6 rings (SSSR count). The van der Waals surface area contributed by atoms with Crippen molar-refractivity contribution in [2.75, 3.05) is 19.0 Å². The second-order valence-corrected chi connectivity index (χ2v) is 10.9. The number of fused-ring (bicyclic) bond motifs is 3. The monoisotopic (exact) mass is 628 g/mol. The topological polar surface area (TPSA) is 102 Å². The lowest BCUT2D eigenvalue weighted by molar-refractivity contribution is -0.137. The van der Waals surface area contributed by atoms with Crippen LogP contribution in [0.4, 0.5) is 19.0 Å². The van der Waals surface area contributed by atoms with Crippen LogP contribution in [0, 0.1) is 0 Å². The van der Waals surface area contributed by atoms with Crippen molar-refractivity contribution in [1.29, 1.82) is 0 Å². The van der Waals surface area contributed by atoms with E-state index in [9.17, 15) is 18.0 Å². The number of hydrogen-bond donors (Lipinski definition) is 1. The van der Waals surface area contributed by atoms with Gasteiger partial charge < -0.3 is 19.7 Å². The Hall–Kier alpha value is -5.10. The molecule has 0 fully saturated rings. The number of halogens is 3. The van der Waals surface area contributed by atoms with Crippen LogP contribution in [-0.2, 0) is 37.0 Å². The molecule has 1 atom stereocenters. The van der Waals surface area contributed by atoms with Crippen LogP contribution in [0.25, 0.3) is 10.9 Å². The van der Waals surface area contributed by atoms with Crippen LogP contribution >= 0.6 is 0 Å². The minimum Gasteiger partial charge on any atom is -0.497 e. The molecule has 5 aromatic rings. The Labute approximate surface area is 263 Å². The van der Waals surface area contributed by atoms with Crippen LogP contribution in [0.2, 0.25) is 0 Å². The van der Waals surface area contributed by atoms with Gasteiger partial charge in [-0.15, -0.1) is 0 Å². The number of methoxy groups -OCH3 is 1. The number of hydrogen-bond acceptors (Lipinski definition) is 8. The van der Waals surface area contributed by atoms with Crippen molar-refractivity contribution in [2.45, 2.75) is 45.3 Å². The Morgan fingerprint density at radius 2 is 1.83 bits per heavy atom. The van der Waals surface area contributed by atoms with E-state index in [0.29, 0.717) is 43.3 Å². The van der Waals surface area contributed by atoms with E-state index in [0.717, 1.165) is 51.4 Å². The lowest BCUT2D eigenvalue weighted by atomic mass is 9.96. The van der Waals surface area contributed by atoms with Gasteiger partial charge in [-0.2, -0.15) is 13.2 Å². The standard InChI is InChI=1S/C34H31F3N6O3/c1-21(31-38-13-3-14-39-31)43(19-25-8-7-24(18-40-25)34(35,36)37)33(44)23-6-11-30-28(16-23)27-12-15-46-20-29(27)32(42-30)41-17-22-4-9-26(45-2)10-5-22/h3-11,13-14,16,18,21H,12,15,17,19-20H2,1-2H3,(H,41,42)/t21-/m1/s1. The number of ether oxygens (including phenoxy) is 2. The van der Waals surface area contributed by atoms with Crippen LogP contribution in [0.1, 0.15) is 57.1 Å². The van der Waals surface area contributed by atoms with Gasteiger partial charge in [-0.1, -0.05) is 12.1 Å². The molecule has 0 aliphatic carbocycles. The molecule has 0 bridgehead atoms. The summed E-state index contributed by atoms with van der Waals surface area (Å²) in [5.74, 6) is 1.56. The largest absolute Gasteiger partial charge is 0.497 e. The zero-order valence-corrected chi connectivity index (χ0v) is 25.2. The lowest BCUT2D eigenvalue weighted by Gasteiger charge is -2.28. The molecule has 236 valence electrons. The minimum atomic E-state index is -4.51. The van der Waals surface area contributed by atoms with Crippen LogP contribution in [0.3, 0.4) is 0 Å². The second kappa shape index (κ2) is 13.1. The fourth-order valence-electron chi connectivity index (χ4n) is 5.44. The summed E-state index contributed by atoms with van der Waals surface area (Å²) < 4.78 is 50.5. The number of nitrogens with zero attached hydrogens (tertiary/aromatic N) is 5. The smallest absolute Gasteiger partial charge is 0.417 e. The summed E-state index contributed by atoms with van der Waals surface area (Å²) in [5.41, 5.74) is 3.62. The van der Waals surface area contributed by atoms with Crippen molar-refractivity contribution in [3.8, 4) is 5.75 Å². The molecular weight excluding hydrogens is 597 g/mol. The van der Waals surface area contributed by atoms with Gasteiger partial charge in [0.25, 0.3) is 5.91 Å². The number of carbonyl (C=O) groups is 1. The Morgan fingerprint density at radius 3 is 2.52 bits per heavy atom. The quantitative estimate of drug-likeness (QED) is 0.197. The molecule has 46 heavy (non-hydrogen) atoms. The van der Waals surface area contributed by atoms with Gasteiger partial charge in [0.15, 0.2) is 0 Å². The highest BCUT2D eigenvalue weighted by Gasteiger charge is 2.31. The summed E-state index contributed by atoms with van der Waals surface area (Å²) in [6.07, 6.45) is 0.0671. The van der Waals surface area contributed by atoms with Crippen molar-refractivity contribution in [1.82, 2.24) is 24.8 Å². The summed E-state index contributed by atoms with van der Waals surface area (Å²) in [6, 6.07) is 16.5. The van der Waals surface area contributed by atoms with Gasteiger partial charge >= 0.3 is 6.18 Å². The number of alkyl halides is 3. The molecule has 1 aliphatic heterocycles. The van der Waals surface area contributed by atoms with Crippen molar-refractivity contribution in [2.24, 2.45) is 0 Å². The van der Waals surface area contributed by atoms with Crippen molar-refractivity contribution >= 4 is 22.6 Å². The summed E-state index contributed by atoms with van der Waals surface area (Å²) >= 11 is 0. The van der Waals surface area contributed by atoms with Gasteiger partial charge in [-0.3, -0.25) is 9.78 Å². The number of aromatic nitrogens is 4. The van der Waals surface area contributed by atoms with Crippen molar-refractivity contribution < 1.29 is 27.4 Å². The van der Waals surface area contributed by atoms with Crippen molar-refractivity contribution in [3.05, 3.63) is 119 Å². The van der Waals surface area contributed by atoms with Gasteiger partial charge in [-0.25, -0.2) is 15.0 Å². The van der Waals surface area contributed by atoms with E-state index in [1.54, 1.807) is 38.6 Å². The molecule has 9 nitrogen and oxygen atoms in total. The number of benzene rings is 2. The van der Waals surface area contributed by atoms with E-state index in [1.165, 1.54) is 11.0 Å². The SMILES string of the molecule is COc1ccc(CNc2nc3ccc(C(=O)N(Cc4ccc(C(F)(F)F)cn4)[C@H](C)c4ncccn4)cc3c3c2COCC3)cc1. The average molecular weight is 629 g/mol. The van der Waals surface area contributed by atoms with E-state index in [2.05, 4.69) is 20.3 Å². The predicted molar refractivity (Wildman–Crippen MR) is 165 cm³/mol. The highest BCUT2D eigenvalue weighted by atomic mass is 19.4. The molecule has 1 N–H and O–H groups in total. The molecule has 1 aliphatic rings. The van der Waals surface area contributed by atoms with Gasteiger partial charge in [0.05, 0.1) is 49.7 Å². The molecule has 3 aromatic heterocycles. The van der Waals surface area contributed by atoms with Crippen LogP contribution in [0.15, 0.2) is 79.3 Å². The summed E-state index contributed by atoms with van der Waals surface area (Å²) in [4.78, 5) is 33.2. The summed E-state index contributed by atoms with van der Waals surface area (Å²) in [6.45, 7) is 3.20. The fraction of sp³-hybridized carbons (Fsp3) is 0.265. The zero-order valence-electron chi connectivity index (χ0n) is 25.2. The number of amides is 1. The Kier molecular flexibility index (Phi) is 8.80. The fourth-order valence-corrected chi connectivity index (χ4v) is 5.44. The molecule has 0 unspecified atom stereocenters. The van der Waals surface area contributed by atoms with Crippen LogP contribution < -0.4 is 10.1 Å². The van der Waals surface area contributed by atoms with E-state index in [4.69, 9.17) is 14.5 Å². The molecule has 1 amide bonds. The first-order valence-electron chi connectivity index (χ1n) is 14.7. The minimum absolute atomic E-state index is 0.0488. The molecule has 12 heteroatoms. The maximum absolute atomic E-state index is 14.2. The summed E-state index contributed by atoms with van der Waals surface area (Å²) in [7, 11) is 1.63. The number of anilines is 1. The zero-order chi connectivity index (χ0) is 32.3. The molecule has 0 radical (unpaired) electrons. The maximum Gasteiger partial charge on any atom is 0.417 e. The highest BCUT2D eigenvalue weighted by Crippen LogP contribution is 2.33. The third kappa shape index (κ3) is 6.62. The average Bonchev–Trinajstić information content (AvgIpc) is 3.09. The van der Waals surface area contributed by atoms with Gasteiger partial charge in [0, 0.05) is 41.6 Å². The number of nitrogens with one attached hydrogen (secondary N) is 1. The molecular formula is C34H31F3N6O3. The molecule has 0 spiro atoms. The van der Waals surface area contributed by atoms with Gasteiger partial charge in [0.2, 0.25) is 0 Å². The number of carbonyl (C=O) groups excluding carboxylic acids is 1. The van der Waals surface area contributed by atoms with E-state index >= 15 is 0 Å². The van der Waals surface area contributed by atoms with Gasteiger partial charge in [0.1, 0.15) is 17.4 Å². The van der Waals surface area contributed by atoms with Crippen LogP contribution in [-0.4, -0.2) is 44.5 Å². The maximum atomic E-state index is 14.2. The Balaban J connectivity index is 1.32. The highest BCUT2D eigenvalue weighted by molar-refractivity contribution is 5.99. The first-order valence-corrected chi connectivity index (χ1v) is 14.7.